The number of nitrogens with zero attached hydrogens (tertiary/aromatic N) is 3. The lowest BCUT2D eigenvalue weighted by Crippen LogP contribution is -2.51. The van der Waals surface area contributed by atoms with Crippen LogP contribution in [0.15, 0.2) is 18.2 Å². The van der Waals surface area contributed by atoms with Crippen molar-refractivity contribution in [3.05, 3.63) is 23.8 Å². The molecule has 29 heavy (non-hydrogen) atoms. The monoisotopic (exact) mass is 399 g/mol. The third-order valence-electron chi connectivity index (χ3n) is 6.61. The molecule has 2 amide bonds. The second kappa shape index (κ2) is 7.86. The number of rotatable bonds is 4. The number of benzene rings is 1. The number of carbonyl (C=O) groups excluding carboxylic acids is 2. The summed E-state index contributed by atoms with van der Waals surface area (Å²) in [4.78, 5) is 31.5. The quantitative estimate of drug-likeness (QED) is 0.771. The van der Waals surface area contributed by atoms with Crippen molar-refractivity contribution >= 4 is 11.8 Å². The Bertz CT molecular complexity index is 778. The highest BCUT2D eigenvalue weighted by Gasteiger charge is 2.37. The van der Waals surface area contributed by atoms with Gasteiger partial charge in [-0.2, -0.15) is 0 Å². The molecule has 1 saturated carbocycles. The maximum absolute atomic E-state index is 12.9. The Morgan fingerprint density at radius 2 is 1.41 bits per heavy atom. The number of amides is 2. The maximum atomic E-state index is 12.9. The zero-order chi connectivity index (χ0) is 19.8. The van der Waals surface area contributed by atoms with Crippen molar-refractivity contribution in [3.63, 3.8) is 0 Å². The second-order valence-electron chi connectivity index (χ2n) is 8.66. The molecule has 0 bridgehead atoms. The van der Waals surface area contributed by atoms with Crippen LogP contribution in [0.2, 0.25) is 0 Å². The minimum atomic E-state index is 0.0821. The molecule has 7 nitrogen and oxygen atoms in total. The summed E-state index contributed by atoms with van der Waals surface area (Å²) in [6.07, 6.45) is 3.73. The number of hydrogen-bond donors (Lipinski definition) is 0. The first-order valence-corrected chi connectivity index (χ1v) is 10.9. The molecule has 0 radical (unpaired) electrons. The largest absolute Gasteiger partial charge is 0.454 e. The Kier molecular flexibility index (Phi) is 5.08. The van der Waals surface area contributed by atoms with Crippen molar-refractivity contribution in [3.8, 4) is 11.5 Å². The average Bonchev–Trinajstić information content (AvgIpc) is 3.51. The van der Waals surface area contributed by atoms with Gasteiger partial charge in [-0.3, -0.25) is 14.5 Å². The van der Waals surface area contributed by atoms with Crippen LogP contribution in [0.25, 0.3) is 0 Å². The van der Waals surface area contributed by atoms with Crippen LogP contribution < -0.4 is 9.47 Å². The molecule has 0 spiro atoms. The summed E-state index contributed by atoms with van der Waals surface area (Å²) in [5.41, 5.74) is 1.21. The lowest BCUT2D eigenvalue weighted by molar-refractivity contribution is -0.142. The van der Waals surface area contributed by atoms with Crippen LogP contribution in [-0.4, -0.2) is 72.6 Å². The zero-order valence-corrected chi connectivity index (χ0v) is 16.8. The van der Waals surface area contributed by atoms with E-state index in [1.165, 1.54) is 5.56 Å². The Balaban J connectivity index is 1.08. The normalized spacial score (nSPS) is 22.8. The van der Waals surface area contributed by atoms with Gasteiger partial charge < -0.3 is 19.3 Å². The number of ether oxygens (including phenoxy) is 2. The zero-order valence-electron chi connectivity index (χ0n) is 16.8. The number of piperazine rings is 1. The number of likely N-dealkylation sites (tertiary alicyclic amines) is 1. The second-order valence-corrected chi connectivity index (χ2v) is 8.66. The maximum Gasteiger partial charge on any atom is 0.231 e. The Morgan fingerprint density at radius 1 is 0.793 bits per heavy atom. The van der Waals surface area contributed by atoms with Crippen LogP contribution in [0.5, 0.6) is 11.5 Å². The fraction of sp³-hybridized carbons (Fsp3) is 0.636. The van der Waals surface area contributed by atoms with Gasteiger partial charge in [-0.25, -0.2) is 0 Å². The van der Waals surface area contributed by atoms with Crippen LogP contribution in [-0.2, 0) is 16.1 Å². The smallest absolute Gasteiger partial charge is 0.231 e. The minimum absolute atomic E-state index is 0.0821. The van der Waals surface area contributed by atoms with E-state index in [0.717, 1.165) is 83.0 Å². The molecule has 1 aliphatic carbocycles. The Labute approximate surface area is 171 Å². The van der Waals surface area contributed by atoms with E-state index in [0.29, 0.717) is 12.7 Å². The van der Waals surface area contributed by atoms with Crippen molar-refractivity contribution in [2.45, 2.75) is 32.2 Å². The van der Waals surface area contributed by atoms with Gasteiger partial charge in [-0.05, 0) is 43.4 Å². The van der Waals surface area contributed by atoms with E-state index in [9.17, 15) is 9.59 Å². The van der Waals surface area contributed by atoms with E-state index >= 15 is 0 Å². The first kappa shape index (κ1) is 18.7. The summed E-state index contributed by atoms with van der Waals surface area (Å²) in [6, 6.07) is 6.11. The van der Waals surface area contributed by atoms with Crippen LogP contribution in [0.3, 0.4) is 0 Å². The number of hydrogen-bond acceptors (Lipinski definition) is 5. The van der Waals surface area contributed by atoms with E-state index in [1.807, 2.05) is 15.9 Å². The minimum Gasteiger partial charge on any atom is -0.454 e. The van der Waals surface area contributed by atoms with Gasteiger partial charge in [-0.1, -0.05) is 6.07 Å². The van der Waals surface area contributed by atoms with Gasteiger partial charge in [0.25, 0.3) is 0 Å². The van der Waals surface area contributed by atoms with Crippen molar-refractivity contribution in [1.29, 1.82) is 0 Å². The SMILES string of the molecule is O=C(C1CC1)N1CCC(C(=O)N2CCN(Cc3ccc4c(c3)OCO4)CC2)CC1. The van der Waals surface area contributed by atoms with E-state index in [4.69, 9.17) is 9.47 Å². The molecule has 5 rings (SSSR count). The molecular formula is C22H29N3O4. The highest BCUT2D eigenvalue weighted by molar-refractivity contribution is 5.82. The van der Waals surface area contributed by atoms with Crippen LogP contribution in [0.1, 0.15) is 31.2 Å². The van der Waals surface area contributed by atoms with E-state index in [-0.39, 0.29) is 17.7 Å². The van der Waals surface area contributed by atoms with Crippen molar-refractivity contribution in [2.75, 3.05) is 46.1 Å². The average molecular weight is 399 g/mol. The molecule has 3 heterocycles. The summed E-state index contributed by atoms with van der Waals surface area (Å²) in [5.74, 6) is 2.59. The summed E-state index contributed by atoms with van der Waals surface area (Å²) < 4.78 is 10.8. The van der Waals surface area contributed by atoms with E-state index in [2.05, 4.69) is 17.0 Å². The van der Waals surface area contributed by atoms with Gasteiger partial charge in [0.2, 0.25) is 18.6 Å². The molecule has 1 aromatic carbocycles. The van der Waals surface area contributed by atoms with E-state index < -0.39 is 0 Å². The first-order chi connectivity index (χ1) is 14.2. The van der Waals surface area contributed by atoms with Gasteiger partial charge in [0.05, 0.1) is 0 Å². The Morgan fingerprint density at radius 3 is 2.10 bits per heavy atom. The van der Waals surface area contributed by atoms with Crippen molar-refractivity contribution in [1.82, 2.24) is 14.7 Å². The third kappa shape index (κ3) is 4.06. The molecular weight excluding hydrogens is 370 g/mol. The van der Waals surface area contributed by atoms with Crippen LogP contribution >= 0.6 is 0 Å². The first-order valence-electron chi connectivity index (χ1n) is 10.9. The summed E-state index contributed by atoms with van der Waals surface area (Å²) in [7, 11) is 0. The van der Waals surface area contributed by atoms with Gasteiger partial charge in [0.15, 0.2) is 11.5 Å². The number of carbonyl (C=O) groups is 2. The molecule has 7 heteroatoms. The molecule has 4 aliphatic rings. The number of fused-ring (bicyclic) bond motifs is 1. The lowest BCUT2D eigenvalue weighted by Gasteiger charge is -2.38. The predicted octanol–water partition coefficient (Wildman–Crippen LogP) is 1.71. The van der Waals surface area contributed by atoms with Crippen LogP contribution in [0.4, 0.5) is 0 Å². The Hall–Kier alpha value is -2.28. The fourth-order valence-corrected chi connectivity index (χ4v) is 4.62. The molecule has 2 saturated heterocycles. The summed E-state index contributed by atoms with van der Waals surface area (Å²) in [6.45, 7) is 5.99. The number of piperidine rings is 1. The lowest BCUT2D eigenvalue weighted by atomic mass is 9.94. The predicted molar refractivity (Wildman–Crippen MR) is 106 cm³/mol. The van der Waals surface area contributed by atoms with Gasteiger partial charge in [0, 0.05) is 57.6 Å². The highest BCUT2D eigenvalue weighted by atomic mass is 16.7. The standard InChI is InChI=1S/C22H29N3O4/c26-21(17-2-3-17)24-7-5-18(6-8-24)22(27)25-11-9-23(10-12-25)14-16-1-4-19-20(13-16)29-15-28-19/h1,4,13,17-18H,2-3,5-12,14-15H2. The van der Waals surface area contributed by atoms with E-state index in [1.54, 1.807) is 0 Å². The third-order valence-corrected chi connectivity index (χ3v) is 6.61. The topological polar surface area (TPSA) is 62.3 Å². The van der Waals surface area contributed by atoms with Gasteiger partial charge in [0.1, 0.15) is 0 Å². The molecule has 0 atom stereocenters. The molecule has 156 valence electrons. The molecule has 3 aliphatic heterocycles. The highest BCUT2D eigenvalue weighted by Crippen LogP contribution is 2.34. The van der Waals surface area contributed by atoms with Crippen LogP contribution in [0, 0.1) is 11.8 Å². The van der Waals surface area contributed by atoms with Gasteiger partial charge >= 0.3 is 0 Å². The molecule has 1 aromatic rings. The van der Waals surface area contributed by atoms with Crippen molar-refractivity contribution < 1.29 is 19.1 Å². The summed E-state index contributed by atoms with van der Waals surface area (Å²) in [5, 5.41) is 0. The fourth-order valence-electron chi connectivity index (χ4n) is 4.62. The summed E-state index contributed by atoms with van der Waals surface area (Å²) >= 11 is 0. The molecule has 3 fully saturated rings. The van der Waals surface area contributed by atoms with Crippen molar-refractivity contribution in [2.24, 2.45) is 11.8 Å². The van der Waals surface area contributed by atoms with Gasteiger partial charge in [-0.15, -0.1) is 0 Å². The molecule has 0 N–H and O–H groups in total. The molecule has 0 unspecified atom stereocenters. The molecule has 0 aromatic heterocycles.